The molecule has 5 nitrogen and oxygen atoms in total. The average Bonchev–Trinajstić information content (AvgIpc) is 3.17. The Kier molecular flexibility index (Phi) is 4.67. The number of ether oxygens (including phenoxy) is 1. The van der Waals surface area contributed by atoms with E-state index < -0.39 is 0 Å². The van der Waals surface area contributed by atoms with E-state index in [1.165, 1.54) is 6.33 Å². The second kappa shape index (κ2) is 7.25. The van der Waals surface area contributed by atoms with Gasteiger partial charge in [-0.3, -0.25) is 4.79 Å². The van der Waals surface area contributed by atoms with Gasteiger partial charge in [-0.15, -0.1) is 0 Å². The summed E-state index contributed by atoms with van der Waals surface area (Å²) < 4.78 is 6.85. The minimum absolute atomic E-state index is 0.00408. The maximum absolute atomic E-state index is 12.3. The smallest absolute Gasteiger partial charge is 0.231 e. The maximum Gasteiger partial charge on any atom is 0.231 e. The zero-order chi connectivity index (χ0) is 17.9. The molecule has 130 valence electrons. The van der Waals surface area contributed by atoms with Crippen molar-refractivity contribution in [3.63, 3.8) is 0 Å². The van der Waals surface area contributed by atoms with E-state index in [2.05, 4.69) is 31.2 Å². The first-order chi connectivity index (χ1) is 12.7. The Morgan fingerprint density at radius 3 is 2.92 bits per heavy atom. The third-order valence-corrected chi connectivity index (χ3v) is 4.72. The van der Waals surface area contributed by atoms with Crippen LogP contribution >= 0.6 is 15.9 Å². The van der Waals surface area contributed by atoms with Gasteiger partial charge < -0.3 is 10.1 Å². The van der Waals surface area contributed by atoms with Crippen LogP contribution in [0.1, 0.15) is 12.8 Å². The molecule has 26 heavy (non-hydrogen) atoms. The predicted molar refractivity (Wildman–Crippen MR) is 104 cm³/mol. The Balaban J connectivity index is 1.63. The summed E-state index contributed by atoms with van der Waals surface area (Å²) in [7, 11) is 0. The number of allylic oxidation sites excluding steroid dienone is 1. The quantitative estimate of drug-likeness (QED) is 0.609. The van der Waals surface area contributed by atoms with Crippen molar-refractivity contribution in [1.29, 1.82) is 0 Å². The minimum atomic E-state index is -0.0601. The molecule has 0 aliphatic heterocycles. The lowest BCUT2D eigenvalue weighted by atomic mass is 10.1. The van der Waals surface area contributed by atoms with E-state index in [1.54, 1.807) is 0 Å². The van der Waals surface area contributed by atoms with E-state index in [0.29, 0.717) is 17.3 Å². The lowest BCUT2D eigenvalue weighted by Crippen LogP contribution is -2.19. The monoisotopic (exact) mass is 409 g/mol. The van der Waals surface area contributed by atoms with Crippen LogP contribution in [0.15, 0.2) is 65.4 Å². The van der Waals surface area contributed by atoms with Crippen molar-refractivity contribution >= 4 is 38.4 Å². The van der Waals surface area contributed by atoms with E-state index in [-0.39, 0.29) is 11.8 Å². The van der Waals surface area contributed by atoms with Gasteiger partial charge in [0.15, 0.2) is 0 Å². The fraction of sp³-hybridized carbons (Fsp3) is 0.150. The van der Waals surface area contributed by atoms with Crippen molar-refractivity contribution in [2.24, 2.45) is 5.92 Å². The lowest BCUT2D eigenvalue weighted by molar-refractivity contribution is -0.118. The van der Waals surface area contributed by atoms with Crippen molar-refractivity contribution in [1.82, 2.24) is 9.97 Å². The van der Waals surface area contributed by atoms with Gasteiger partial charge in [-0.05, 0) is 49.2 Å². The summed E-state index contributed by atoms with van der Waals surface area (Å²) in [5, 5.41) is 3.71. The molecule has 3 aromatic rings. The topological polar surface area (TPSA) is 64.1 Å². The van der Waals surface area contributed by atoms with Crippen LogP contribution in [0.2, 0.25) is 0 Å². The second-order valence-corrected chi connectivity index (χ2v) is 6.99. The van der Waals surface area contributed by atoms with Gasteiger partial charge in [0.1, 0.15) is 12.1 Å². The van der Waals surface area contributed by atoms with Gasteiger partial charge in [-0.1, -0.05) is 34.1 Å². The van der Waals surface area contributed by atoms with Crippen LogP contribution in [0.4, 0.5) is 5.69 Å². The molecule has 0 saturated heterocycles. The van der Waals surface area contributed by atoms with Crippen LogP contribution in [0.5, 0.6) is 11.6 Å². The summed E-state index contributed by atoms with van der Waals surface area (Å²) in [6.45, 7) is 0. The molecular formula is C20H16BrN3O2. The molecule has 1 unspecified atom stereocenters. The lowest BCUT2D eigenvalue weighted by Gasteiger charge is -2.11. The number of hydrogen-bond donors (Lipinski definition) is 1. The Morgan fingerprint density at radius 2 is 2.12 bits per heavy atom. The van der Waals surface area contributed by atoms with Crippen molar-refractivity contribution in [2.45, 2.75) is 12.8 Å². The number of amides is 1. The number of hydrogen-bond acceptors (Lipinski definition) is 4. The van der Waals surface area contributed by atoms with Crippen LogP contribution in [0.3, 0.4) is 0 Å². The normalized spacial score (nSPS) is 16.0. The number of anilines is 1. The molecular weight excluding hydrogens is 394 g/mol. The van der Waals surface area contributed by atoms with Crippen molar-refractivity contribution < 1.29 is 9.53 Å². The molecule has 1 aliphatic rings. The van der Waals surface area contributed by atoms with Crippen LogP contribution in [0.25, 0.3) is 10.9 Å². The molecule has 1 heterocycles. The summed E-state index contributed by atoms with van der Waals surface area (Å²) in [5.74, 6) is 1.06. The summed E-state index contributed by atoms with van der Waals surface area (Å²) in [5.41, 5.74) is 1.46. The fourth-order valence-corrected chi connectivity index (χ4v) is 3.30. The molecule has 2 aromatic carbocycles. The molecule has 4 rings (SSSR count). The number of carbonyl (C=O) groups excluding carboxylic acids is 1. The molecule has 0 radical (unpaired) electrons. The number of fused-ring (bicyclic) bond motifs is 1. The average molecular weight is 410 g/mol. The molecule has 0 saturated carbocycles. The highest BCUT2D eigenvalue weighted by Crippen LogP contribution is 2.30. The first-order valence-electron chi connectivity index (χ1n) is 8.35. The predicted octanol–water partition coefficient (Wildman–Crippen LogP) is 5.09. The van der Waals surface area contributed by atoms with Gasteiger partial charge in [-0.2, -0.15) is 0 Å². The summed E-state index contributed by atoms with van der Waals surface area (Å²) >= 11 is 3.43. The molecule has 1 amide bonds. The number of halogens is 1. The van der Waals surface area contributed by atoms with Crippen molar-refractivity contribution in [3.8, 4) is 11.6 Å². The summed E-state index contributed by atoms with van der Waals surface area (Å²) in [6.07, 6.45) is 7.29. The largest absolute Gasteiger partial charge is 0.438 e. The van der Waals surface area contributed by atoms with E-state index in [4.69, 9.17) is 4.74 Å². The highest BCUT2D eigenvalue weighted by molar-refractivity contribution is 9.10. The Bertz CT molecular complexity index is 1000. The van der Waals surface area contributed by atoms with Crippen LogP contribution < -0.4 is 10.1 Å². The van der Waals surface area contributed by atoms with Crippen molar-refractivity contribution in [3.05, 3.63) is 65.4 Å². The van der Waals surface area contributed by atoms with Crippen molar-refractivity contribution in [2.75, 3.05) is 5.32 Å². The van der Waals surface area contributed by atoms with E-state index >= 15 is 0 Å². The zero-order valence-corrected chi connectivity index (χ0v) is 15.4. The minimum Gasteiger partial charge on any atom is -0.438 e. The Labute approximate surface area is 159 Å². The van der Waals surface area contributed by atoms with Gasteiger partial charge in [-0.25, -0.2) is 9.97 Å². The number of carbonyl (C=O) groups is 1. The first kappa shape index (κ1) is 16.7. The molecule has 1 N–H and O–H groups in total. The van der Waals surface area contributed by atoms with E-state index in [1.807, 2.05) is 54.6 Å². The van der Waals surface area contributed by atoms with Crippen LogP contribution in [-0.4, -0.2) is 15.9 Å². The SMILES string of the molecule is O=C(Nc1ccc2ncnc(Oc3cccc(Br)c3)c2c1)C1C=CCC1. The van der Waals surface area contributed by atoms with E-state index in [9.17, 15) is 4.79 Å². The molecule has 0 spiro atoms. The number of nitrogens with one attached hydrogen (secondary N) is 1. The first-order valence-corrected chi connectivity index (χ1v) is 9.14. The van der Waals surface area contributed by atoms with E-state index in [0.717, 1.165) is 28.2 Å². The molecule has 1 aromatic heterocycles. The molecule has 0 fully saturated rings. The zero-order valence-electron chi connectivity index (χ0n) is 13.9. The number of nitrogens with zero attached hydrogens (tertiary/aromatic N) is 2. The summed E-state index contributed by atoms with van der Waals surface area (Å²) in [4.78, 5) is 20.9. The van der Waals surface area contributed by atoms with Gasteiger partial charge in [0.05, 0.1) is 16.8 Å². The third-order valence-electron chi connectivity index (χ3n) is 4.23. The highest BCUT2D eigenvalue weighted by Gasteiger charge is 2.18. The van der Waals surface area contributed by atoms with Crippen LogP contribution in [-0.2, 0) is 4.79 Å². The highest BCUT2D eigenvalue weighted by atomic mass is 79.9. The second-order valence-electron chi connectivity index (χ2n) is 6.07. The molecule has 6 heteroatoms. The maximum atomic E-state index is 12.3. The standard InChI is InChI=1S/C20H16BrN3O2/c21-14-6-3-7-16(10-14)26-20-17-11-15(8-9-18(17)22-12-23-20)24-19(25)13-4-1-2-5-13/h1,3-4,6-13H,2,5H2,(H,24,25). The number of aromatic nitrogens is 2. The molecule has 0 bridgehead atoms. The van der Waals surface area contributed by atoms with Crippen LogP contribution in [0, 0.1) is 5.92 Å². The third kappa shape index (κ3) is 3.60. The summed E-state index contributed by atoms with van der Waals surface area (Å²) in [6, 6.07) is 13.1. The number of benzene rings is 2. The molecule has 1 atom stereocenters. The van der Waals surface area contributed by atoms with Gasteiger partial charge >= 0.3 is 0 Å². The number of rotatable bonds is 4. The van der Waals surface area contributed by atoms with Gasteiger partial charge in [0.2, 0.25) is 11.8 Å². The van der Waals surface area contributed by atoms with Gasteiger partial charge in [0.25, 0.3) is 0 Å². The molecule has 1 aliphatic carbocycles. The Morgan fingerprint density at radius 1 is 1.19 bits per heavy atom. The van der Waals surface area contributed by atoms with Gasteiger partial charge in [0, 0.05) is 10.2 Å². The fourth-order valence-electron chi connectivity index (χ4n) is 2.92. The Hall–Kier alpha value is -2.73.